The zero-order valence-electron chi connectivity index (χ0n) is 8.70. The van der Waals surface area contributed by atoms with Crippen LogP contribution < -0.4 is 0 Å². The van der Waals surface area contributed by atoms with Gasteiger partial charge in [-0.05, 0) is 12.8 Å². The molecule has 1 aliphatic rings. The Hall–Kier alpha value is -1.11. The third-order valence-electron chi connectivity index (χ3n) is 3.19. The summed E-state index contributed by atoms with van der Waals surface area (Å²) in [5, 5.41) is 8.76. The Morgan fingerprint density at radius 2 is 2.24 bits per heavy atom. The summed E-state index contributed by atoms with van der Waals surface area (Å²) >= 11 is 1.08. The Bertz CT molecular complexity index is 412. The summed E-state index contributed by atoms with van der Waals surface area (Å²) < 4.78 is 38.9. The highest BCUT2D eigenvalue weighted by atomic mass is 32.1. The van der Waals surface area contributed by atoms with Gasteiger partial charge in [-0.3, -0.25) is 9.78 Å². The lowest BCUT2D eigenvalue weighted by atomic mass is 9.84. The largest absolute Gasteiger partial charge is 0.481 e. The summed E-state index contributed by atoms with van der Waals surface area (Å²) in [5.74, 6) is -2.22. The van der Waals surface area contributed by atoms with E-state index in [9.17, 15) is 18.0 Å². The Morgan fingerprint density at radius 1 is 1.59 bits per heavy atom. The van der Waals surface area contributed by atoms with Crippen molar-refractivity contribution in [2.45, 2.75) is 31.4 Å². The predicted molar refractivity (Wildman–Crippen MR) is 54.8 cm³/mol. The summed E-state index contributed by atoms with van der Waals surface area (Å²) in [6, 6.07) is 0. The van der Waals surface area contributed by atoms with Crippen molar-refractivity contribution in [2.75, 3.05) is 0 Å². The van der Waals surface area contributed by atoms with Gasteiger partial charge in [0, 0.05) is 17.0 Å². The molecule has 0 spiro atoms. The van der Waals surface area contributed by atoms with E-state index < -0.39 is 29.9 Å². The van der Waals surface area contributed by atoms with Gasteiger partial charge in [-0.15, -0.1) is 11.3 Å². The Balaban J connectivity index is 2.32. The van der Waals surface area contributed by atoms with Crippen LogP contribution in [0.2, 0.25) is 0 Å². The van der Waals surface area contributed by atoms with Crippen LogP contribution in [0.15, 0.2) is 11.7 Å². The topological polar surface area (TPSA) is 50.2 Å². The Labute approximate surface area is 99.3 Å². The molecule has 1 aliphatic carbocycles. The molecule has 0 unspecified atom stereocenters. The van der Waals surface area contributed by atoms with E-state index in [1.165, 1.54) is 11.7 Å². The minimum absolute atomic E-state index is 0.00630. The molecule has 0 aliphatic heterocycles. The van der Waals surface area contributed by atoms with Gasteiger partial charge in [-0.25, -0.2) is 0 Å². The molecule has 0 bridgehead atoms. The zero-order chi connectivity index (χ0) is 12.7. The predicted octanol–water partition coefficient (Wildman–Crippen LogP) is 3.04. The number of hydrogen-bond acceptors (Lipinski definition) is 3. The van der Waals surface area contributed by atoms with Crippen molar-refractivity contribution in [3.8, 4) is 0 Å². The van der Waals surface area contributed by atoms with E-state index >= 15 is 0 Å². The first-order valence-corrected chi connectivity index (χ1v) is 5.92. The number of alkyl halides is 3. The number of rotatable bonds is 4. The maximum Gasteiger partial charge on any atom is 0.395 e. The number of nitrogens with zero attached hydrogens (tertiary/aromatic N) is 1. The van der Waals surface area contributed by atoms with Crippen LogP contribution in [0.5, 0.6) is 0 Å². The number of thiazole rings is 1. The highest BCUT2D eigenvalue weighted by molar-refractivity contribution is 7.09. The fourth-order valence-electron chi connectivity index (χ4n) is 2.10. The van der Waals surface area contributed by atoms with E-state index in [1.54, 1.807) is 0 Å². The number of carboxylic acids is 1. The number of carbonyl (C=O) groups is 1. The normalized spacial score (nSPS) is 19.9. The van der Waals surface area contributed by atoms with Crippen molar-refractivity contribution >= 4 is 17.3 Å². The summed E-state index contributed by atoms with van der Waals surface area (Å²) in [6.45, 7) is 0. The number of carboxylic acid groups (broad SMARTS) is 1. The van der Waals surface area contributed by atoms with Crippen LogP contribution in [-0.2, 0) is 4.79 Å². The van der Waals surface area contributed by atoms with Crippen LogP contribution in [0.1, 0.15) is 30.1 Å². The molecule has 0 radical (unpaired) electrons. The van der Waals surface area contributed by atoms with E-state index in [0.717, 1.165) is 11.3 Å². The molecular weight excluding hydrogens is 255 g/mol. The van der Waals surface area contributed by atoms with Gasteiger partial charge < -0.3 is 5.11 Å². The van der Waals surface area contributed by atoms with E-state index in [1.807, 2.05) is 0 Å². The number of hydrogen-bond donors (Lipinski definition) is 1. The van der Waals surface area contributed by atoms with Gasteiger partial charge in [0.1, 0.15) is 0 Å². The van der Waals surface area contributed by atoms with E-state index in [4.69, 9.17) is 5.11 Å². The second kappa shape index (κ2) is 3.97. The average Bonchev–Trinajstić information content (AvgIpc) is 2.83. The minimum atomic E-state index is -4.35. The lowest BCUT2D eigenvalue weighted by molar-refractivity contribution is -0.195. The second-order valence-electron chi connectivity index (χ2n) is 4.21. The van der Waals surface area contributed by atoms with E-state index in [0.29, 0.717) is 4.88 Å². The van der Waals surface area contributed by atoms with Gasteiger partial charge in [0.15, 0.2) is 0 Å². The molecule has 2 rings (SSSR count). The van der Waals surface area contributed by atoms with Gasteiger partial charge in [0.25, 0.3) is 0 Å². The van der Waals surface area contributed by atoms with Crippen molar-refractivity contribution < 1.29 is 23.1 Å². The third-order valence-corrected chi connectivity index (χ3v) is 4.08. The van der Waals surface area contributed by atoms with Crippen LogP contribution in [0.25, 0.3) is 0 Å². The molecule has 7 heteroatoms. The SMILES string of the molecule is O=C(O)C[C@H](c1cncs1)C1(C(F)(F)F)CC1. The van der Waals surface area contributed by atoms with Gasteiger partial charge in [-0.2, -0.15) is 13.2 Å². The highest BCUT2D eigenvalue weighted by Gasteiger charge is 2.67. The molecule has 0 saturated heterocycles. The molecule has 1 heterocycles. The maximum atomic E-state index is 13.0. The first kappa shape index (κ1) is 12.3. The van der Waals surface area contributed by atoms with Crippen LogP contribution in [-0.4, -0.2) is 22.2 Å². The fourth-order valence-corrected chi connectivity index (χ4v) is 2.94. The molecule has 0 amide bonds. The standard InChI is InChI=1S/C10H10F3NO2S/c11-10(12,13)9(1-2-9)6(3-8(15)16)7-4-14-5-17-7/h4-6H,1-3H2,(H,15,16)/t6-/m1/s1. The van der Waals surface area contributed by atoms with E-state index in [-0.39, 0.29) is 12.8 Å². The summed E-state index contributed by atoms with van der Waals surface area (Å²) in [7, 11) is 0. The van der Waals surface area contributed by atoms with E-state index in [2.05, 4.69) is 4.98 Å². The molecule has 17 heavy (non-hydrogen) atoms. The minimum Gasteiger partial charge on any atom is -0.481 e. The third kappa shape index (κ3) is 2.15. The number of halogens is 3. The van der Waals surface area contributed by atoms with Crippen molar-refractivity contribution in [2.24, 2.45) is 5.41 Å². The monoisotopic (exact) mass is 265 g/mol. The van der Waals surface area contributed by atoms with Crippen LogP contribution in [0.4, 0.5) is 13.2 Å². The zero-order valence-corrected chi connectivity index (χ0v) is 9.51. The molecular formula is C10H10F3NO2S. The van der Waals surface area contributed by atoms with Crippen molar-refractivity contribution in [1.82, 2.24) is 4.98 Å². The molecule has 3 nitrogen and oxygen atoms in total. The molecule has 0 aromatic carbocycles. The lowest BCUT2D eigenvalue weighted by Gasteiger charge is -2.26. The fraction of sp³-hybridized carbons (Fsp3) is 0.600. The Morgan fingerprint density at radius 3 is 2.59 bits per heavy atom. The van der Waals surface area contributed by atoms with Gasteiger partial charge >= 0.3 is 12.1 Å². The average molecular weight is 265 g/mol. The lowest BCUT2D eigenvalue weighted by Crippen LogP contribution is -2.32. The summed E-state index contributed by atoms with van der Waals surface area (Å²) in [6.07, 6.45) is -3.50. The molecule has 1 aromatic rings. The molecule has 1 saturated carbocycles. The van der Waals surface area contributed by atoms with Crippen molar-refractivity contribution in [3.63, 3.8) is 0 Å². The van der Waals surface area contributed by atoms with Crippen LogP contribution in [0, 0.1) is 5.41 Å². The summed E-state index contributed by atoms with van der Waals surface area (Å²) in [4.78, 5) is 14.9. The maximum absolute atomic E-state index is 13.0. The molecule has 1 N–H and O–H groups in total. The molecule has 1 fully saturated rings. The first-order valence-electron chi connectivity index (χ1n) is 5.04. The second-order valence-corrected chi connectivity index (χ2v) is 5.13. The van der Waals surface area contributed by atoms with Gasteiger partial charge in [0.05, 0.1) is 17.3 Å². The molecule has 94 valence electrons. The number of aliphatic carboxylic acids is 1. The molecule has 1 aromatic heterocycles. The molecule has 1 atom stereocenters. The summed E-state index contributed by atoms with van der Waals surface area (Å²) in [5.41, 5.74) is -0.422. The first-order chi connectivity index (χ1) is 7.87. The highest BCUT2D eigenvalue weighted by Crippen LogP contribution is 2.66. The van der Waals surface area contributed by atoms with Crippen molar-refractivity contribution in [3.05, 3.63) is 16.6 Å². The quantitative estimate of drug-likeness (QED) is 0.910. The van der Waals surface area contributed by atoms with Crippen molar-refractivity contribution in [1.29, 1.82) is 0 Å². The smallest absolute Gasteiger partial charge is 0.395 e. The Kier molecular flexibility index (Phi) is 2.89. The van der Waals surface area contributed by atoms with Crippen LogP contribution in [0.3, 0.4) is 0 Å². The number of aromatic nitrogens is 1. The van der Waals surface area contributed by atoms with Gasteiger partial charge in [0.2, 0.25) is 0 Å². The van der Waals surface area contributed by atoms with Gasteiger partial charge in [-0.1, -0.05) is 0 Å². The van der Waals surface area contributed by atoms with Crippen LogP contribution >= 0.6 is 11.3 Å².